The molecule has 4 atom stereocenters. The summed E-state index contributed by atoms with van der Waals surface area (Å²) in [5.41, 5.74) is 0.995. The monoisotopic (exact) mass is 349 g/mol. The quantitative estimate of drug-likeness (QED) is 0.766. The molecule has 1 aliphatic heterocycles. The van der Waals surface area contributed by atoms with Crippen molar-refractivity contribution >= 4 is 11.8 Å². The predicted molar refractivity (Wildman–Crippen MR) is 91.1 cm³/mol. The molecule has 128 valence electrons. The number of benzene rings is 1. The van der Waals surface area contributed by atoms with Crippen molar-refractivity contribution in [1.82, 2.24) is 4.98 Å². The third-order valence-corrected chi connectivity index (χ3v) is 5.06. The molecular weight excluding hydrogens is 330 g/mol. The molecule has 0 unspecified atom stereocenters. The van der Waals surface area contributed by atoms with Crippen LogP contribution in [-0.4, -0.2) is 56.9 Å². The number of hydrogen-bond acceptors (Lipinski definition) is 7. The van der Waals surface area contributed by atoms with Crippen LogP contribution in [0.15, 0.2) is 42.6 Å². The molecule has 6 nitrogen and oxygen atoms in total. The molecule has 2 heterocycles. The smallest absolute Gasteiger partial charge is 0.173 e. The van der Waals surface area contributed by atoms with Gasteiger partial charge in [0.15, 0.2) is 5.44 Å². The number of aliphatic hydroxyl groups excluding tert-OH is 3. The Morgan fingerprint density at radius 3 is 2.50 bits per heavy atom. The van der Waals surface area contributed by atoms with Crippen molar-refractivity contribution in [2.45, 2.75) is 23.7 Å². The van der Waals surface area contributed by atoms with Crippen LogP contribution in [0.4, 0.5) is 0 Å². The summed E-state index contributed by atoms with van der Waals surface area (Å²) in [6, 6.07) is 11.0. The second-order valence-corrected chi connectivity index (χ2v) is 6.60. The standard InChI is InChI=1S/C17H19NO5S/c1-22-11-4-2-10(3-5-11)13-8-12(6-7-18-13)23-17-16(21)15(20)14(19)9-24-17/h2-8,14-17,19-21H,9H2,1H3/t14-,15+,16-,17+/m1/s1. The van der Waals surface area contributed by atoms with Gasteiger partial charge >= 0.3 is 0 Å². The molecule has 3 rings (SSSR count). The SMILES string of the molecule is COc1ccc(-c2cc(O[C@H]3SC[C@@H](O)[C@H](O)[C@H]3O)ccn2)cc1. The predicted octanol–water partition coefficient (Wildman–Crippen LogP) is 1.29. The zero-order valence-electron chi connectivity index (χ0n) is 13.1. The minimum absolute atomic E-state index is 0.305. The van der Waals surface area contributed by atoms with Crippen LogP contribution in [0, 0.1) is 0 Å². The van der Waals surface area contributed by atoms with Crippen LogP contribution in [-0.2, 0) is 0 Å². The van der Waals surface area contributed by atoms with Gasteiger partial charge in [0.2, 0.25) is 0 Å². The summed E-state index contributed by atoms with van der Waals surface area (Å²) in [6.07, 6.45) is -1.69. The summed E-state index contributed by atoms with van der Waals surface area (Å²) in [6.45, 7) is 0. The molecule has 0 aliphatic carbocycles. The first kappa shape index (κ1) is 17.0. The zero-order chi connectivity index (χ0) is 17.1. The van der Waals surface area contributed by atoms with E-state index in [2.05, 4.69) is 4.98 Å². The average molecular weight is 349 g/mol. The maximum Gasteiger partial charge on any atom is 0.173 e. The Morgan fingerprint density at radius 1 is 1.04 bits per heavy atom. The van der Waals surface area contributed by atoms with Crippen molar-refractivity contribution in [3.63, 3.8) is 0 Å². The lowest BCUT2D eigenvalue weighted by Crippen LogP contribution is -2.50. The fourth-order valence-corrected chi connectivity index (χ4v) is 3.54. The molecule has 0 radical (unpaired) electrons. The van der Waals surface area contributed by atoms with E-state index in [-0.39, 0.29) is 0 Å². The lowest BCUT2D eigenvalue weighted by Gasteiger charge is -2.34. The lowest BCUT2D eigenvalue weighted by atomic mass is 10.1. The van der Waals surface area contributed by atoms with Crippen molar-refractivity contribution in [3.05, 3.63) is 42.6 Å². The van der Waals surface area contributed by atoms with Crippen LogP contribution < -0.4 is 9.47 Å². The van der Waals surface area contributed by atoms with E-state index in [1.165, 1.54) is 11.8 Å². The highest BCUT2D eigenvalue weighted by Crippen LogP contribution is 2.30. The molecule has 1 aliphatic rings. The van der Waals surface area contributed by atoms with Crippen LogP contribution in [0.1, 0.15) is 0 Å². The van der Waals surface area contributed by atoms with Crippen LogP contribution in [0.25, 0.3) is 11.3 Å². The Labute approximate surface area is 144 Å². The van der Waals surface area contributed by atoms with Gasteiger partial charge in [0.1, 0.15) is 23.7 Å². The topological polar surface area (TPSA) is 92.0 Å². The second kappa shape index (κ2) is 7.40. The number of aromatic nitrogens is 1. The number of rotatable bonds is 4. The summed E-state index contributed by atoms with van der Waals surface area (Å²) < 4.78 is 10.9. The van der Waals surface area contributed by atoms with Gasteiger partial charge in [-0.1, -0.05) is 0 Å². The molecule has 3 N–H and O–H groups in total. The van der Waals surface area contributed by atoms with E-state index in [1.54, 1.807) is 25.4 Å². The number of aliphatic hydroxyl groups is 3. The van der Waals surface area contributed by atoms with E-state index in [0.29, 0.717) is 11.5 Å². The molecule has 7 heteroatoms. The van der Waals surface area contributed by atoms with Gasteiger partial charge in [-0.3, -0.25) is 4.98 Å². The summed E-state index contributed by atoms with van der Waals surface area (Å²) in [5, 5.41) is 29.3. The third kappa shape index (κ3) is 3.64. The normalized spacial score (nSPS) is 26.8. The van der Waals surface area contributed by atoms with E-state index in [9.17, 15) is 15.3 Å². The summed E-state index contributed by atoms with van der Waals surface area (Å²) >= 11 is 1.27. The number of hydrogen-bond donors (Lipinski definition) is 3. The Bertz CT molecular complexity index is 681. The highest BCUT2D eigenvalue weighted by Gasteiger charge is 2.38. The molecule has 2 aromatic rings. The number of ether oxygens (including phenoxy) is 2. The Hall–Kier alpha value is -1.80. The molecule has 1 aromatic heterocycles. The number of pyridine rings is 1. The Kier molecular flexibility index (Phi) is 5.25. The van der Waals surface area contributed by atoms with Crippen LogP contribution in [0.5, 0.6) is 11.5 Å². The van der Waals surface area contributed by atoms with Gasteiger partial charge < -0.3 is 24.8 Å². The van der Waals surface area contributed by atoms with Crippen LogP contribution in [0.2, 0.25) is 0 Å². The second-order valence-electron chi connectivity index (χ2n) is 5.47. The Morgan fingerprint density at radius 2 is 1.79 bits per heavy atom. The molecule has 0 amide bonds. The highest BCUT2D eigenvalue weighted by molar-refractivity contribution is 7.99. The highest BCUT2D eigenvalue weighted by atomic mass is 32.2. The van der Waals surface area contributed by atoms with E-state index < -0.39 is 23.7 Å². The van der Waals surface area contributed by atoms with Crippen molar-refractivity contribution in [3.8, 4) is 22.8 Å². The zero-order valence-corrected chi connectivity index (χ0v) is 13.9. The fourth-order valence-electron chi connectivity index (χ4n) is 2.42. The van der Waals surface area contributed by atoms with Crippen LogP contribution >= 0.6 is 11.8 Å². The first-order valence-corrected chi connectivity index (χ1v) is 8.56. The van der Waals surface area contributed by atoms with Gasteiger partial charge in [-0.25, -0.2) is 0 Å². The molecule has 0 saturated carbocycles. The van der Waals surface area contributed by atoms with Gasteiger partial charge in [-0.15, -0.1) is 11.8 Å². The minimum Gasteiger partial charge on any atom is -0.497 e. The van der Waals surface area contributed by atoms with E-state index in [1.807, 2.05) is 24.3 Å². The van der Waals surface area contributed by atoms with Gasteiger partial charge in [0.25, 0.3) is 0 Å². The number of thioether (sulfide) groups is 1. The van der Waals surface area contributed by atoms with E-state index >= 15 is 0 Å². The largest absolute Gasteiger partial charge is 0.497 e. The maximum atomic E-state index is 10.0. The molecule has 1 aromatic carbocycles. The van der Waals surface area contributed by atoms with Crippen LogP contribution in [0.3, 0.4) is 0 Å². The maximum absolute atomic E-state index is 10.0. The van der Waals surface area contributed by atoms with Gasteiger partial charge in [-0.05, 0) is 30.3 Å². The first-order chi connectivity index (χ1) is 11.6. The fraction of sp³-hybridized carbons (Fsp3) is 0.353. The number of methoxy groups -OCH3 is 1. The van der Waals surface area contributed by atoms with Crippen molar-refractivity contribution < 1.29 is 24.8 Å². The number of nitrogens with zero attached hydrogens (tertiary/aromatic N) is 1. The van der Waals surface area contributed by atoms with Gasteiger partial charge in [0.05, 0.1) is 18.9 Å². The molecule has 1 fully saturated rings. The summed E-state index contributed by atoms with van der Waals surface area (Å²) in [4.78, 5) is 4.32. The first-order valence-electron chi connectivity index (χ1n) is 7.51. The summed E-state index contributed by atoms with van der Waals surface area (Å²) in [7, 11) is 1.61. The molecule has 24 heavy (non-hydrogen) atoms. The van der Waals surface area contributed by atoms with Crippen molar-refractivity contribution in [1.29, 1.82) is 0 Å². The van der Waals surface area contributed by atoms with Crippen molar-refractivity contribution in [2.24, 2.45) is 0 Å². The minimum atomic E-state index is -1.21. The van der Waals surface area contributed by atoms with Gasteiger partial charge in [-0.2, -0.15) is 0 Å². The van der Waals surface area contributed by atoms with E-state index in [0.717, 1.165) is 17.0 Å². The van der Waals surface area contributed by atoms with E-state index in [4.69, 9.17) is 9.47 Å². The van der Waals surface area contributed by atoms with Crippen molar-refractivity contribution in [2.75, 3.05) is 12.9 Å². The third-order valence-electron chi connectivity index (χ3n) is 3.82. The lowest BCUT2D eigenvalue weighted by molar-refractivity contribution is -0.0786. The molecule has 1 saturated heterocycles. The molecule has 0 spiro atoms. The van der Waals surface area contributed by atoms with Gasteiger partial charge in [0, 0.05) is 23.6 Å². The Balaban J connectivity index is 1.75. The average Bonchev–Trinajstić information content (AvgIpc) is 2.62. The summed E-state index contributed by atoms with van der Waals surface area (Å²) in [5.74, 6) is 1.61. The molecular formula is C17H19NO5S. The molecule has 0 bridgehead atoms.